The first-order valence-corrected chi connectivity index (χ1v) is 39.4. The Bertz CT molecular complexity index is 1450. The highest BCUT2D eigenvalue weighted by Gasteiger charge is 2.20. The summed E-state index contributed by atoms with van der Waals surface area (Å²) in [4.78, 5) is 24.6. The molecule has 0 rings (SSSR count). The lowest BCUT2D eigenvalue weighted by Gasteiger charge is -2.22. The second kappa shape index (κ2) is 76.3. The van der Waals surface area contributed by atoms with Crippen molar-refractivity contribution in [3.05, 3.63) is 48.6 Å². The normalized spacial score (nSPS) is 12.7. The summed E-state index contributed by atoms with van der Waals surface area (Å²) < 4.78 is 5.48. The van der Waals surface area contributed by atoms with Crippen LogP contribution in [0.5, 0.6) is 0 Å². The minimum Gasteiger partial charge on any atom is -0.466 e. The number of rotatable bonds is 74. The van der Waals surface area contributed by atoms with Crippen LogP contribution in [0.25, 0.3) is 0 Å². The molecule has 2 unspecified atom stereocenters. The third kappa shape index (κ3) is 72.8. The Morgan fingerprint density at radius 3 is 0.908 bits per heavy atom. The minimum absolute atomic E-state index is 0.00105. The van der Waals surface area contributed by atoms with Gasteiger partial charge < -0.3 is 20.3 Å². The standard InChI is InChI=1S/C81H153NO5/c1-3-5-7-9-11-13-15-17-19-20-21-22-23-31-34-37-40-43-46-49-53-57-61-65-69-73-79(84)78(77-83)82-80(85)74-70-66-62-58-54-50-47-44-41-38-35-32-29-27-25-24-26-28-30-33-36-39-42-45-48-52-56-60-64-68-72-76-87-81(86)75-71-67-63-59-55-51-18-16-14-12-10-8-6-4-2/h10,12,16,18,26,28,33,36,78-79,83-84H,3-9,11,13-15,17,19-25,27,29-32,34-35,37-77H2,1-2H3,(H,82,85)/b12-10-,18-16-,28-26-,36-33-. The zero-order valence-electron chi connectivity index (χ0n) is 58.8. The third-order valence-electron chi connectivity index (χ3n) is 18.4. The number of allylic oxidation sites excluding steroid dienone is 8. The zero-order valence-corrected chi connectivity index (χ0v) is 58.8. The van der Waals surface area contributed by atoms with Crippen LogP contribution in [-0.4, -0.2) is 47.4 Å². The summed E-state index contributed by atoms with van der Waals surface area (Å²) in [5.74, 6) is -0.0304. The first kappa shape index (κ1) is 84.8. The predicted octanol–water partition coefficient (Wildman–Crippen LogP) is 26.0. The van der Waals surface area contributed by atoms with E-state index in [4.69, 9.17) is 4.74 Å². The van der Waals surface area contributed by atoms with E-state index in [1.165, 1.54) is 340 Å². The minimum atomic E-state index is -0.666. The number of esters is 1. The molecule has 0 saturated carbocycles. The van der Waals surface area contributed by atoms with Gasteiger partial charge in [-0.15, -0.1) is 0 Å². The van der Waals surface area contributed by atoms with E-state index in [-0.39, 0.29) is 18.5 Å². The highest BCUT2D eigenvalue weighted by atomic mass is 16.5. The summed E-state index contributed by atoms with van der Waals surface area (Å²) in [6.45, 7) is 4.94. The van der Waals surface area contributed by atoms with Gasteiger partial charge >= 0.3 is 5.97 Å². The van der Waals surface area contributed by atoms with Crippen molar-refractivity contribution < 1.29 is 24.5 Å². The number of hydrogen-bond donors (Lipinski definition) is 3. The topological polar surface area (TPSA) is 95.9 Å². The van der Waals surface area contributed by atoms with Crippen LogP contribution < -0.4 is 5.32 Å². The number of carbonyl (C=O) groups is 2. The van der Waals surface area contributed by atoms with Crippen molar-refractivity contribution in [2.75, 3.05) is 13.2 Å². The lowest BCUT2D eigenvalue weighted by molar-refractivity contribution is -0.143. The SMILES string of the molecule is CCCC/C=C\C/C=C\CCCCCCCC(=O)OCCCCCCCCCCC/C=C\C/C=C\CCCCCCCCCCCCCCCCCC(=O)NC(CO)C(O)CCCCCCCCCCCCCCCCCCCCCCCCCCC. The Labute approximate surface area is 544 Å². The van der Waals surface area contributed by atoms with Crippen LogP contribution >= 0.6 is 0 Å². The maximum atomic E-state index is 12.6. The number of nitrogens with one attached hydrogen (secondary N) is 1. The molecule has 0 aromatic rings. The molecule has 87 heavy (non-hydrogen) atoms. The van der Waals surface area contributed by atoms with Gasteiger partial charge in [0.25, 0.3) is 0 Å². The van der Waals surface area contributed by atoms with Crippen molar-refractivity contribution in [2.24, 2.45) is 0 Å². The van der Waals surface area contributed by atoms with Crippen molar-refractivity contribution in [3.8, 4) is 0 Å². The number of aliphatic hydroxyl groups is 2. The van der Waals surface area contributed by atoms with E-state index in [0.29, 0.717) is 25.9 Å². The molecule has 0 aliphatic heterocycles. The Morgan fingerprint density at radius 2 is 0.586 bits per heavy atom. The summed E-state index contributed by atoms with van der Waals surface area (Å²) in [5.41, 5.74) is 0. The predicted molar refractivity (Wildman–Crippen MR) is 384 cm³/mol. The summed E-state index contributed by atoms with van der Waals surface area (Å²) in [6, 6.07) is -0.543. The molecule has 6 heteroatoms. The van der Waals surface area contributed by atoms with Gasteiger partial charge in [0.2, 0.25) is 5.91 Å². The average molecular weight is 1220 g/mol. The molecule has 0 aliphatic rings. The summed E-state index contributed by atoms with van der Waals surface area (Å²) in [6.07, 6.45) is 101. The molecule has 0 spiro atoms. The van der Waals surface area contributed by atoms with Gasteiger partial charge in [-0.05, 0) is 83.5 Å². The maximum absolute atomic E-state index is 12.6. The highest BCUT2D eigenvalue weighted by molar-refractivity contribution is 5.76. The molecule has 0 heterocycles. The van der Waals surface area contributed by atoms with Gasteiger partial charge in [0.1, 0.15) is 0 Å². The molecule has 0 aliphatic carbocycles. The van der Waals surface area contributed by atoms with Gasteiger partial charge in [-0.3, -0.25) is 9.59 Å². The van der Waals surface area contributed by atoms with Crippen LogP contribution in [0, 0.1) is 0 Å². The summed E-state index contributed by atoms with van der Waals surface area (Å²) >= 11 is 0. The van der Waals surface area contributed by atoms with E-state index in [0.717, 1.165) is 57.8 Å². The molecular formula is C81H153NO5. The van der Waals surface area contributed by atoms with Crippen molar-refractivity contribution in [3.63, 3.8) is 0 Å². The molecule has 6 nitrogen and oxygen atoms in total. The van der Waals surface area contributed by atoms with Crippen molar-refractivity contribution >= 4 is 11.9 Å². The molecular weight excluding hydrogens is 1070 g/mol. The average Bonchev–Trinajstić information content (AvgIpc) is 3.52. The van der Waals surface area contributed by atoms with Crippen LogP contribution in [0.3, 0.4) is 0 Å². The molecule has 0 fully saturated rings. The Morgan fingerprint density at radius 1 is 0.322 bits per heavy atom. The van der Waals surface area contributed by atoms with Crippen LogP contribution in [0.15, 0.2) is 48.6 Å². The highest BCUT2D eigenvalue weighted by Crippen LogP contribution is 2.19. The number of amides is 1. The Hall–Kier alpha value is -2.18. The number of carbonyl (C=O) groups excluding carboxylic acids is 2. The fourth-order valence-corrected chi connectivity index (χ4v) is 12.3. The first-order chi connectivity index (χ1) is 43.0. The van der Waals surface area contributed by atoms with Gasteiger partial charge in [-0.2, -0.15) is 0 Å². The van der Waals surface area contributed by atoms with E-state index >= 15 is 0 Å². The number of unbranched alkanes of at least 4 members (excludes halogenated alkanes) is 55. The first-order valence-electron chi connectivity index (χ1n) is 39.4. The Balaban J connectivity index is 3.40. The number of ether oxygens (including phenoxy) is 1. The second-order valence-corrected chi connectivity index (χ2v) is 27.0. The Kier molecular flexibility index (Phi) is 74.4. The van der Waals surface area contributed by atoms with E-state index in [9.17, 15) is 19.8 Å². The molecule has 0 aromatic heterocycles. The van der Waals surface area contributed by atoms with Gasteiger partial charge in [-0.25, -0.2) is 0 Å². The third-order valence-corrected chi connectivity index (χ3v) is 18.4. The fourth-order valence-electron chi connectivity index (χ4n) is 12.3. The molecule has 0 aromatic carbocycles. The zero-order chi connectivity index (χ0) is 62.8. The number of aliphatic hydroxyl groups excluding tert-OH is 2. The van der Waals surface area contributed by atoms with Crippen molar-refractivity contribution in [2.45, 2.75) is 443 Å². The molecule has 0 saturated heterocycles. The van der Waals surface area contributed by atoms with E-state index in [1.54, 1.807) is 0 Å². The van der Waals surface area contributed by atoms with Crippen LogP contribution in [0.2, 0.25) is 0 Å². The maximum Gasteiger partial charge on any atom is 0.305 e. The molecule has 3 N–H and O–H groups in total. The largest absolute Gasteiger partial charge is 0.466 e. The monoisotopic (exact) mass is 1220 g/mol. The second-order valence-electron chi connectivity index (χ2n) is 27.0. The van der Waals surface area contributed by atoms with Crippen LogP contribution in [0.4, 0.5) is 0 Å². The summed E-state index contributed by atoms with van der Waals surface area (Å²) in [5, 5.41) is 23.5. The van der Waals surface area contributed by atoms with Crippen molar-refractivity contribution in [1.29, 1.82) is 0 Å². The van der Waals surface area contributed by atoms with E-state index in [2.05, 4.69) is 67.8 Å². The lowest BCUT2D eigenvalue weighted by atomic mass is 10.0. The van der Waals surface area contributed by atoms with Crippen LogP contribution in [0.1, 0.15) is 431 Å². The van der Waals surface area contributed by atoms with E-state index in [1.807, 2.05) is 0 Å². The summed E-state index contributed by atoms with van der Waals surface area (Å²) in [7, 11) is 0. The molecule has 0 bridgehead atoms. The molecule has 0 radical (unpaired) electrons. The number of hydrogen-bond acceptors (Lipinski definition) is 5. The van der Waals surface area contributed by atoms with Gasteiger partial charge in [0, 0.05) is 12.8 Å². The van der Waals surface area contributed by atoms with E-state index < -0.39 is 12.1 Å². The lowest BCUT2D eigenvalue weighted by Crippen LogP contribution is -2.45. The quantitative estimate of drug-likeness (QED) is 0.0320. The molecule has 2 atom stereocenters. The van der Waals surface area contributed by atoms with Gasteiger partial charge in [0.15, 0.2) is 0 Å². The van der Waals surface area contributed by atoms with Gasteiger partial charge in [0.05, 0.1) is 25.4 Å². The smallest absolute Gasteiger partial charge is 0.305 e. The van der Waals surface area contributed by atoms with Gasteiger partial charge in [-0.1, -0.05) is 383 Å². The molecule has 1 amide bonds. The van der Waals surface area contributed by atoms with Crippen molar-refractivity contribution in [1.82, 2.24) is 5.32 Å². The fraction of sp³-hybridized carbons (Fsp3) is 0.877. The van der Waals surface area contributed by atoms with Crippen LogP contribution in [-0.2, 0) is 14.3 Å². The molecule has 512 valence electrons.